The van der Waals surface area contributed by atoms with Gasteiger partial charge < -0.3 is 9.84 Å². The minimum atomic E-state index is -1.37. The topological polar surface area (TPSA) is 148 Å². The molecule has 2 aliphatic rings. The van der Waals surface area contributed by atoms with Crippen LogP contribution in [0.4, 0.5) is 4.79 Å². The van der Waals surface area contributed by atoms with Crippen LogP contribution in [0.25, 0.3) is 0 Å². The van der Waals surface area contributed by atoms with Crippen molar-refractivity contribution in [3.63, 3.8) is 0 Å². The molecule has 0 aliphatic carbocycles. The zero-order chi connectivity index (χ0) is 21.0. The molecule has 0 aromatic heterocycles. The van der Waals surface area contributed by atoms with Crippen LogP contribution in [0.2, 0.25) is 0 Å². The molecule has 0 aromatic carbocycles. The number of aliphatic carboxylic acids is 1. The SMILES string of the molecule is CC(C)C(OC(=O)ON1C(=O)CCC1=O)C(CCC(=O)O)N1C(=O)C=CC1=O. The Bertz CT molecular complexity index is 709. The van der Waals surface area contributed by atoms with Gasteiger partial charge in [0.25, 0.3) is 23.6 Å². The quantitative estimate of drug-likeness (QED) is 0.454. The molecule has 11 nitrogen and oxygen atoms in total. The van der Waals surface area contributed by atoms with Gasteiger partial charge in [0, 0.05) is 31.4 Å². The third kappa shape index (κ3) is 4.72. The number of carbonyl (C=O) groups is 6. The molecule has 2 aliphatic heterocycles. The van der Waals surface area contributed by atoms with Crippen LogP contribution in [0.5, 0.6) is 0 Å². The Labute approximate surface area is 159 Å². The van der Waals surface area contributed by atoms with Gasteiger partial charge >= 0.3 is 12.1 Å². The predicted molar refractivity (Wildman–Crippen MR) is 88.9 cm³/mol. The molecular weight excluding hydrogens is 376 g/mol. The lowest BCUT2D eigenvalue weighted by atomic mass is 9.94. The van der Waals surface area contributed by atoms with Gasteiger partial charge in [-0.05, 0) is 12.3 Å². The van der Waals surface area contributed by atoms with E-state index in [-0.39, 0.29) is 25.7 Å². The number of carboxylic acids is 1. The fourth-order valence-electron chi connectivity index (χ4n) is 2.97. The van der Waals surface area contributed by atoms with Crippen LogP contribution in [0.3, 0.4) is 0 Å². The van der Waals surface area contributed by atoms with Crippen molar-refractivity contribution < 1.29 is 43.4 Å². The lowest BCUT2D eigenvalue weighted by molar-refractivity contribution is -0.180. The maximum absolute atomic E-state index is 12.1. The second kappa shape index (κ2) is 8.63. The Morgan fingerprint density at radius 2 is 1.61 bits per heavy atom. The standard InChI is InChI=1S/C17H20N2O9/c1-9(2)16(27-17(26)28-19-13(22)6-7-14(19)23)10(3-8-15(24)25)18-11(20)4-5-12(18)21/h4-5,9-10,16H,3,6-8H2,1-2H3,(H,24,25). The average Bonchev–Trinajstić information content (AvgIpc) is 3.10. The molecule has 2 unspecified atom stereocenters. The Balaban J connectivity index is 2.18. The smallest absolute Gasteiger partial charge is 0.481 e. The van der Waals surface area contributed by atoms with Crippen molar-refractivity contribution in [1.29, 1.82) is 0 Å². The lowest BCUT2D eigenvalue weighted by Crippen LogP contribution is -2.51. The zero-order valence-electron chi connectivity index (χ0n) is 15.3. The number of carbonyl (C=O) groups excluding carboxylic acids is 5. The molecule has 2 heterocycles. The second-order valence-electron chi connectivity index (χ2n) is 6.63. The summed E-state index contributed by atoms with van der Waals surface area (Å²) < 4.78 is 5.20. The van der Waals surface area contributed by atoms with Gasteiger partial charge in [-0.15, -0.1) is 0 Å². The molecule has 0 spiro atoms. The highest BCUT2D eigenvalue weighted by Crippen LogP contribution is 2.25. The van der Waals surface area contributed by atoms with Gasteiger partial charge in [-0.2, -0.15) is 0 Å². The van der Waals surface area contributed by atoms with Crippen LogP contribution in [0.1, 0.15) is 39.5 Å². The molecule has 0 aromatic rings. The van der Waals surface area contributed by atoms with Crippen LogP contribution in [0, 0.1) is 5.92 Å². The fraction of sp³-hybridized carbons (Fsp3) is 0.529. The van der Waals surface area contributed by atoms with E-state index in [9.17, 15) is 28.8 Å². The first kappa shape index (κ1) is 21.1. The van der Waals surface area contributed by atoms with Gasteiger partial charge in [0.15, 0.2) is 0 Å². The van der Waals surface area contributed by atoms with E-state index in [1.54, 1.807) is 13.8 Å². The van der Waals surface area contributed by atoms with Gasteiger partial charge in [-0.25, -0.2) is 4.79 Å². The summed E-state index contributed by atoms with van der Waals surface area (Å²) in [4.78, 5) is 75.8. The number of imide groups is 2. The summed E-state index contributed by atoms with van der Waals surface area (Å²) in [5.74, 6) is -4.31. The van der Waals surface area contributed by atoms with Crippen LogP contribution in [0.15, 0.2) is 12.2 Å². The Morgan fingerprint density at radius 3 is 2.07 bits per heavy atom. The maximum Gasteiger partial charge on any atom is 0.534 e. The minimum Gasteiger partial charge on any atom is -0.481 e. The van der Waals surface area contributed by atoms with Crippen molar-refractivity contribution >= 4 is 35.8 Å². The van der Waals surface area contributed by atoms with Gasteiger partial charge in [-0.1, -0.05) is 18.9 Å². The molecule has 2 rings (SSSR count). The summed E-state index contributed by atoms with van der Waals surface area (Å²) in [5.41, 5.74) is 0. The summed E-state index contributed by atoms with van der Waals surface area (Å²) in [5, 5.41) is 9.27. The van der Waals surface area contributed by atoms with Crippen molar-refractivity contribution in [3.8, 4) is 0 Å². The Morgan fingerprint density at radius 1 is 1.07 bits per heavy atom. The van der Waals surface area contributed by atoms with E-state index >= 15 is 0 Å². The number of carboxylic acid groups (broad SMARTS) is 1. The van der Waals surface area contributed by atoms with Crippen LogP contribution < -0.4 is 0 Å². The molecule has 1 fully saturated rings. The molecule has 28 heavy (non-hydrogen) atoms. The lowest BCUT2D eigenvalue weighted by Gasteiger charge is -2.34. The summed E-state index contributed by atoms with van der Waals surface area (Å²) in [6.45, 7) is 3.27. The van der Waals surface area contributed by atoms with Crippen molar-refractivity contribution in [3.05, 3.63) is 12.2 Å². The number of rotatable bonds is 8. The Kier molecular flexibility index (Phi) is 6.49. The monoisotopic (exact) mass is 396 g/mol. The number of nitrogens with zero attached hydrogens (tertiary/aromatic N) is 2. The molecule has 11 heteroatoms. The van der Waals surface area contributed by atoms with E-state index in [4.69, 9.17) is 9.84 Å². The normalized spacial score (nSPS) is 18.8. The summed E-state index contributed by atoms with van der Waals surface area (Å²) in [6, 6.07) is -1.07. The van der Waals surface area contributed by atoms with Crippen molar-refractivity contribution in [1.82, 2.24) is 9.96 Å². The fourth-order valence-corrected chi connectivity index (χ4v) is 2.97. The molecule has 2 atom stereocenters. The largest absolute Gasteiger partial charge is 0.534 e. The van der Waals surface area contributed by atoms with E-state index in [1.165, 1.54) is 0 Å². The van der Waals surface area contributed by atoms with E-state index in [1.807, 2.05) is 0 Å². The molecule has 1 saturated heterocycles. The minimum absolute atomic E-state index is 0.0938. The van der Waals surface area contributed by atoms with Crippen molar-refractivity contribution in [2.45, 2.75) is 51.7 Å². The van der Waals surface area contributed by atoms with E-state index in [0.717, 1.165) is 17.1 Å². The molecule has 1 N–H and O–H groups in total. The third-order valence-corrected chi connectivity index (χ3v) is 4.27. The zero-order valence-corrected chi connectivity index (χ0v) is 15.3. The highest BCUT2D eigenvalue weighted by Gasteiger charge is 2.41. The highest BCUT2D eigenvalue weighted by atomic mass is 16.8. The number of hydrogen-bond acceptors (Lipinski definition) is 8. The first-order chi connectivity index (χ1) is 13.1. The van der Waals surface area contributed by atoms with Gasteiger partial charge in [0.2, 0.25) is 0 Å². The molecule has 0 radical (unpaired) electrons. The van der Waals surface area contributed by atoms with Crippen molar-refractivity contribution in [2.75, 3.05) is 0 Å². The maximum atomic E-state index is 12.1. The molecule has 4 amide bonds. The van der Waals surface area contributed by atoms with Crippen LogP contribution in [-0.2, 0) is 33.5 Å². The first-order valence-corrected chi connectivity index (χ1v) is 8.63. The number of amides is 4. The Hall–Kier alpha value is -3.24. The number of hydroxylamine groups is 2. The molecular formula is C17H20N2O9. The molecule has 0 bridgehead atoms. The van der Waals surface area contributed by atoms with E-state index in [2.05, 4.69) is 4.84 Å². The van der Waals surface area contributed by atoms with Gasteiger partial charge in [-0.3, -0.25) is 33.7 Å². The third-order valence-electron chi connectivity index (χ3n) is 4.27. The van der Waals surface area contributed by atoms with Crippen molar-refractivity contribution in [2.24, 2.45) is 5.92 Å². The summed E-state index contributed by atoms with van der Waals surface area (Å²) in [6.07, 6.45) is -1.14. The van der Waals surface area contributed by atoms with Gasteiger partial charge in [0.05, 0.1) is 6.04 Å². The van der Waals surface area contributed by atoms with Gasteiger partial charge in [0.1, 0.15) is 6.10 Å². The summed E-state index contributed by atoms with van der Waals surface area (Å²) >= 11 is 0. The van der Waals surface area contributed by atoms with E-state index < -0.39 is 53.8 Å². The second-order valence-corrected chi connectivity index (χ2v) is 6.63. The highest BCUT2D eigenvalue weighted by molar-refractivity contribution is 6.13. The number of ether oxygens (including phenoxy) is 1. The number of hydrogen-bond donors (Lipinski definition) is 1. The predicted octanol–water partition coefficient (Wildman–Crippen LogP) is 0.387. The molecule has 152 valence electrons. The van der Waals surface area contributed by atoms with Crippen LogP contribution >= 0.6 is 0 Å². The summed E-state index contributed by atoms with van der Waals surface area (Å²) in [7, 11) is 0. The average molecular weight is 396 g/mol. The van der Waals surface area contributed by atoms with Crippen LogP contribution in [-0.4, -0.2) is 63.0 Å². The molecule has 0 saturated carbocycles. The van der Waals surface area contributed by atoms with E-state index in [0.29, 0.717) is 5.06 Å². The first-order valence-electron chi connectivity index (χ1n) is 8.63.